The summed E-state index contributed by atoms with van der Waals surface area (Å²) in [5, 5.41) is 0. The van der Waals surface area contributed by atoms with Gasteiger partial charge in [-0.1, -0.05) is 0 Å². The van der Waals surface area contributed by atoms with Crippen molar-refractivity contribution in [3.8, 4) is 0 Å². The fourth-order valence-corrected chi connectivity index (χ4v) is 2.20. The van der Waals surface area contributed by atoms with E-state index >= 15 is 0 Å². The SMILES string of the molecule is Cc1cc(C(N)CC2CCCO2)c(F)cc1F. The molecule has 0 radical (unpaired) electrons. The van der Waals surface area contributed by atoms with Crippen LogP contribution >= 0.6 is 0 Å². The zero-order valence-corrected chi connectivity index (χ0v) is 9.88. The van der Waals surface area contributed by atoms with Crippen molar-refractivity contribution in [1.82, 2.24) is 0 Å². The van der Waals surface area contributed by atoms with Crippen molar-refractivity contribution in [2.45, 2.75) is 38.3 Å². The summed E-state index contributed by atoms with van der Waals surface area (Å²) in [6.07, 6.45) is 2.69. The van der Waals surface area contributed by atoms with Crippen LogP contribution in [0.25, 0.3) is 0 Å². The molecule has 94 valence electrons. The second-order valence-electron chi connectivity index (χ2n) is 4.60. The van der Waals surface area contributed by atoms with E-state index in [2.05, 4.69) is 0 Å². The Morgan fingerprint density at radius 2 is 2.18 bits per heavy atom. The minimum absolute atomic E-state index is 0.106. The standard InChI is InChI=1S/C13H17F2NO/c1-8-5-10(12(15)7-11(8)14)13(16)6-9-3-2-4-17-9/h5,7,9,13H,2-4,6,16H2,1H3. The van der Waals surface area contributed by atoms with Gasteiger partial charge >= 0.3 is 0 Å². The summed E-state index contributed by atoms with van der Waals surface area (Å²) in [7, 11) is 0. The summed E-state index contributed by atoms with van der Waals surface area (Å²) in [6.45, 7) is 2.36. The Morgan fingerprint density at radius 3 is 2.82 bits per heavy atom. The first-order chi connectivity index (χ1) is 8.08. The monoisotopic (exact) mass is 241 g/mol. The second-order valence-corrected chi connectivity index (χ2v) is 4.60. The van der Waals surface area contributed by atoms with Crippen LogP contribution in [0.5, 0.6) is 0 Å². The lowest BCUT2D eigenvalue weighted by Crippen LogP contribution is -2.19. The van der Waals surface area contributed by atoms with Crippen molar-refractivity contribution >= 4 is 0 Å². The summed E-state index contributed by atoms with van der Waals surface area (Å²) < 4.78 is 32.2. The number of benzene rings is 1. The quantitative estimate of drug-likeness (QED) is 0.883. The van der Waals surface area contributed by atoms with E-state index in [-0.39, 0.29) is 6.10 Å². The van der Waals surface area contributed by atoms with E-state index in [4.69, 9.17) is 10.5 Å². The summed E-state index contributed by atoms with van der Waals surface area (Å²) in [5.74, 6) is -1.10. The predicted molar refractivity (Wildman–Crippen MR) is 61.6 cm³/mol. The zero-order valence-electron chi connectivity index (χ0n) is 9.88. The smallest absolute Gasteiger partial charge is 0.130 e. The highest BCUT2D eigenvalue weighted by atomic mass is 19.1. The molecule has 1 heterocycles. The third kappa shape index (κ3) is 2.82. The highest BCUT2D eigenvalue weighted by Gasteiger charge is 2.22. The third-order valence-corrected chi connectivity index (χ3v) is 3.22. The molecule has 0 spiro atoms. The van der Waals surface area contributed by atoms with Gasteiger partial charge in [-0.15, -0.1) is 0 Å². The summed E-state index contributed by atoms with van der Waals surface area (Å²) in [4.78, 5) is 0. The van der Waals surface area contributed by atoms with Crippen molar-refractivity contribution in [2.24, 2.45) is 5.73 Å². The molecule has 1 aliphatic heterocycles. The fourth-order valence-electron chi connectivity index (χ4n) is 2.20. The lowest BCUT2D eigenvalue weighted by atomic mass is 9.98. The van der Waals surface area contributed by atoms with Crippen LogP contribution in [-0.4, -0.2) is 12.7 Å². The topological polar surface area (TPSA) is 35.2 Å². The van der Waals surface area contributed by atoms with E-state index in [1.165, 1.54) is 6.07 Å². The minimum atomic E-state index is -0.571. The van der Waals surface area contributed by atoms with Crippen LogP contribution in [0, 0.1) is 18.6 Å². The highest BCUT2D eigenvalue weighted by molar-refractivity contribution is 5.28. The van der Waals surface area contributed by atoms with E-state index in [1.54, 1.807) is 6.92 Å². The van der Waals surface area contributed by atoms with Gasteiger partial charge in [0.15, 0.2) is 0 Å². The van der Waals surface area contributed by atoms with Gasteiger partial charge in [0, 0.05) is 24.3 Å². The van der Waals surface area contributed by atoms with Crippen molar-refractivity contribution in [3.63, 3.8) is 0 Å². The number of aryl methyl sites for hydroxylation is 1. The van der Waals surface area contributed by atoms with Crippen molar-refractivity contribution in [3.05, 3.63) is 34.9 Å². The molecule has 1 saturated heterocycles. The Balaban J connectivity index is 2.12. The Labute approximate surface area is 99.8 Å². The average Bonchev–Trinajstić information content (AvgIpc) is 2.76. The molecule has 0 amide bonds. The molecule has 0 aliphatic carbocycles. The molecule has 2 rings (SSSR count). The number of rotatable bonds is 3. The molecule has 1 aliphatic rings. The molecule has 2 unspecified atom stereocenters. The van der Waals surface area contributed by atoms with Crippen LogP contribution in [0.15, 0.2) is 12.1 Å². The molecular formula is C13H17F2NO. The summed E-state index contributed by atoms with van der Waals surface area (Å²) in [6, 6.07) is 1.96. The molecule has 1 aromatic carbocycles. The largest absolute Gasteiger partial charge is 0.378 e. The van der Waals surface area contributed by atoms with E-state index in [0.29, 0.717) is 17.5 Å². The summed E-state index contributed by atoms with van der Waals surface area (Å²) >= 11 is 0. The van der Waals surface area contributed by atoms with Crippen LogP contribution in [0.2, 0.25) is 0 Å². The number of nitrogens with two attached hydrogens (primary N) is 1. The number of ether oxygens (including phenoxy) is 1. The molecule has 2 atom stereocenters. The molecule has 1 aromatic rings. The van der Waals surface area contributed by atoms with Crippen LogP contribution in [0.1, 0.15) is 36.4 Å². The lowest BCUT2D eigenvalue weighted by molar-refractivity contribution is 0.0980. The van der Waals surface area contributed by atoms with Crippen LogP contribution in [0.3, 0.4) is 0 Å². The first-order valence-electron chi connectivity index (χ1n) is 5.90. The lowest BCUT2D eigenvalue weighted by Gasteiger charge is -2.17. The van der Waals surface area contributed by atoms with Crippen LogP contribution in [0.4, 0.5) is 8.78 Å². The second kappa shape index (κ2) is 5.10. The van der Waals surface area contributed by atoms with Crippen molar-refractivity contribution < 1.29 is 13.5 Å². The van der Waals surface area contributed by atoms with Crippen molar-refractivity contribution in [2.75, 3.05) is 6.61 Å². The molecule has 2 nitrogen and oxygen atoms in total. The number of hydrogen-bond donors (Lipinski definition) is 1. The molecule has 2 N–H and O–H groups in total. The van der Waals surface area contributed by atoms with Gasteiger partial charge in [-0.2, -0.15) is 0 Å². The number of hydrogen-bond acceptors (Lipinski definition) is 2. The zero-order chi connectivity index (χ0) is 12.4. The average molecular weight is 241 g/mol. The predicted octanol–water partition coefficient (Wildman–Crippen LogP) is 2.84. The van der Waals surface area contributed by atoms with Gasteiger partial charge in [0.2, 0.25) is 0 Å². The van der Waals surface area contributed by atoms with Gasteiger partial charge in [-0.3, -0.25) is 0 Å². The summed E-state index contributed by atoms with van der Waals surface area (Å²) in [5.41, 5.74) is 6.75. The molecule has 4 heteroatoms. The first kappa shape index (κ1) is 12.5. The molecule has 17 heavy (non-hydrogen) atoms. The Morgan fingerprint density at radius 1 is 1.41 bits per heavy atom. The Kier molecular flexibility index (Phi) is 3.74. The molecule has 0 aromatic heterocycles. The van der Waals surface area contributed by atoms with Gasteiger partial charge in [0.05, 0.1) is 6.10 Å². The van der Waals surface area contributed by atoms with E-state index in [1.807, 2.05) is 0 Å². The van der Waals surface area contributed by atoms with Gasteiger partial charge in [0.1, 0.15) is 11.6 Å². The third-order valence-electron chi connectivity index (χ3n) is 3.22. The van der Waals surface area contributed by atoms with Crippen LogP contribution in [-0.2, 0) is 4.74 Å². The fraction of sp³-hybridized carbons (Fsp3) is 0.538. The van der Waals surface area contributed by atoms with E-state index in [0.717, 1.165) is 25.5 Å². The van der Waals surface area contributed by atoms with Gasteiger partial charge in [-0.25, -0.2) is 8.78 Å². The van der Waals surface area contributed by atoms with Gasteiger partial charge in [0.25, 0.3) is 0 Å². The Hall–Kier alpha value is -1.00. The molecular weight excluding hydrogens is 224 g/mol. The van der Waals surface area contributed by atoms with Gasteiger partial charge in [-0.05, 0) is 37.8 Å². The maximum atomic E-state index is 13.6. The Bertz CT molecular complexity index is 403. The highest BCUT2D eigenvalue weighted by Crippen LogP contribution is 2.26. The minimum Gasteiger partial charge on any atom is -0.378 e. The van der Waals surface area contributed by atoms with Crippen molar-refractivity contribution in [1.29, 1.82) is 0 Å². The van der Waals surface area contributed by atoms with Crippen LogP contribution < -0.4 is 5.73 Å². The van der Waals surface area contributed by atoms with Gasteiger partial charge < -0.3 is 10.5 Å². The molecule has 0 saturated carbocycles. The molecule has 1 fully saturated rings. The van der Waals surface area contributed by atoms with E-state index < -0.39 is 17.7 Å². The normalized spacial score (nSPS) is 21.8. The van der Waals surface area contributed by atoms with E-state index in [9.17, 15) is 8.78 Å². The first-order valence-corrected chi connectivity index (χ1v) is 5.90. The number of halogens is 2. The maximum Gasteiger partial charge on any atom is 0.130 e. The maximum absolute atomic E-state index is 13.6. The molecule has 0 bridgehead atoms.